The topological polar surface area (TPSA) is 78.9 Å². The minimum Gasteiger partial charge on any atom is -0.444 e. The number of hydrogen-bond acceptors (Lipinski definition) is 4. The summed E-state index contributed by atoms with van der Waals surface area (Å²) in [6, 6.07) is -0.337. The molecule has 6 heteroatoms. The van der Waals surface area contributed by atoms with E-state index in [1.54, 1.807) is 0 Å². The van der Waals surface area contributed by atoms with E-state index in [9.17, 15) is 14.7 Å². The molecule has 2 N–H and O–H groups in total. The van der Waals surface area contributed by atoms with E-state index < -0.39 is 23.8 Å². The van der Waals surface area contributed by atoms with Crippen molar-refractivity contribution in [3.63, 3.8) is 0 Å². The van der Waals surface area contributed by atoms with Gasteiger partial charge in [-0.1, -0.05) is 19.3 Å². The fourth-order valence-electron chi connectivity index (χ4n) is 3.38. The summed E-state index contributed by atoms with van der Waals surface area (Å²) in [5.74, 6) is -0.364. The second-order valence-corrected chi connectivity index (χ2v) is 7.67. The smallest absolute Gasteiger partial charge is 0.410 e. The molecule has 2 fully saturated rings. The van der Waals surface area contributed by atoms with Crippen LogP contribution in [-0.4, -0.2) is 52.3 Å². The van der Waals surface area contributed by atoms with Crippen LogP contribution in [0.4, 0.5) is 4.79 Å². The first-order valence-electron chi connectivity index (χ1n) is 8.76. The molecule has 2 unspecified atom stereocenters. The number of ether oxygens (including phenoxy) is 1. The summed E-state index contributed by atoms with van der Waals surface area (Å²) in [6.45, 7) is 5.94. The van der Waals surface area contributed by atoms with Gasteiger partial charge in [-0.15, -0.1) is 0 Å². The number of carbonyl (C=O) groups excluding carboxylic acids is 2. The fourth-order valence-corrected chi connectivity index (χ4v) is 3.38. The van der Waals surface area contributed by atoms with Crippen LogP contribution >= 0.6 is 0 Å². The average molecular weight is 326 g/mol. The van der Waals surface area contributed by atoms with E-state index in [1.165, 1.54) is 11.3 Å². The number of aliphatic hydroxyl groups is 1. The Labute approximate surface area is 138 Å². The molecular weight excluding hydrogens is 296 g/mol. The molecule has 23 heavy (non-hydrogen) atoms. The third-order valence-electron chi connectivity index (χ3n) is 4.51. The van der Waals surface area contributed by atoms with Gasteiger partial charge in [-0.2, -0.15) is 0 Å². The van der Waals surface area contributed by atoms with Gasteiger partial charge in [0.15, 0.2) is 6.10 Å². The number of nitrogens with zero attached hydrogens (tertiary/aromatic N) is 1. The zero-order valence-electron chi connectivity index (χ0n) is 14.5. The number of likely N-dealkylation sites (tertiary alicyclic amines) is 1. The molecule has 1 heterocycles. The predicted octanol–water partition coefficient (Wildman–Crippen LogP) is 2.20. The lowest BCUT2D eigenvalue weighted by molar-refractivity contribution is -0.133. The van der Waals surface area contributed by atoms with Crippen LogP contribution in [0.5, 0.6) is 0 Å². The van der Waals surface area contributed by atoms with Crippen molar-refractivity contribution < 1.29 is 19.4 Å². The van der Waals surface area contributed by atoms with Crippen molar-refractivity contribution in [2.75, 3.05) is 6.54 Å². The van der Waals surface area contributed by atoms with Gasteiger partial charge in [0.1, 0.15) is 5.60 Å². The number of aliphatic hydroxyl groups excluding tert-OH is 1. The van der Waals surface area contributed by atoms with Crippen molar-refractivity contribution in [3.05, 3.63) is 0 Å². The third kappa shape index (κ3) is 5.09. The lowest BCUT2D eigenvalue weighted by Gasteiger charge is -2.31. The number of rotatable bonds is 3. The summed E-state index contributed by atoms with van der Waals surface area (Å²) in [5.41, 5.74) is -0.584. The van der Waals surface area contributed by atoms with Crippen LogP contribution < -0.4 is 5.32 Å². The first-order valence-corrected chi connectivity index (χ1v) is 8.76. The summed E-state index contributed by atoms with van der Waals surface area (Å²) >= 11 is 0. The molecule has 0 aromatic carbocycles. The molecule has 2 amide bonds. The van der Waals surface area contributed by atoms with Crippen molar-refractivity contribution in [2.24, 2.45) is 0 Å². The molecule has 0 aromatic rings. The highest BCUT2D eigenvalue weighted by Crippen LogP contribution is 2.24. The Kier molecular flexibility index (Phi) is 5.89. The minimum atomic E-state index is -1.19. The number of hydrogen-bond donors (Lipinski definition) is 2. The number of carbonyl (C=O) groups is 2. The fraction of sp³-hybridized carbons (Fsp3) is 0.882. The predicted molar refractivity (Wildman–Crippen MR) is 87.0 cm³/mol. The Hall–Kier alpha value is -1.30. The highest BCUT2D eigenvalue weighted by Gasteiger charge is 2.39. The van der Waals surface area contributed by atoms with Crippen LogP contribution in [0.3, 0.4) is 0 Å². The van der Waals surface area contributed by atoms with E-state index in [0.29, 0.717) is 13.0 Å². The number of amides is 2. The summed E-state index contributed by atoms with van der Waals surface area (Å²) in [5, 5.41) is 13.3. The average Bonchev–Trinajstić information content (AvgIpc) is 2.95. The molecule has 1 aliphatic carbocycles. The minimum absolute atomic E-state index is 0.155. The van der Waals surface area contributed by atoms with Gasteiger partial charge in [0.05, 0.1) is 6.04 Å². The van der Waals surface area contributed by atoms with Gasteiger partial charge in [-0.05, 0) is 46.5 Å². The molecule has 1 saturated carbocycles. The summed E-state index contributed by atoms with van der Waals surface area (Å²) in [6.07, 6.45) is 5.15. The quantitative estimate of drug-likeness (QED) is 0.833. The van der Waals surface area contributed by atoms with Crippen LogP contribution in [0.25, 0.3) is 0 Å². The second kappa shape index (κ2) is 7.51. The van der Waals surface area contributed by atoms with Crippen molar-refractivity contribution in [1.82, 2.24) is 10.2 Å². The molecule has 1 saturated heterocycles. The van der Waals surface area contributed by atoms with Gasteiger partial charge in [0.2, 0.25) is 0 Å². The molecule has 2 rings (SSSR count). The van der Waals surface area contributed by atoms with Crippen molar-refractivity contribution in [3.8, 4) is 0 Å². The van der Waals surface area contributed by atoms with Gasteiger partial charge in [0, 0.05) is 12.6 Å². The Morgan fingerprint density at radius 2 is 1.78 bits per heavy atom. The molecule has 132 valence electrons. The Balaban J connectivity index is 1.92. The van der Waals surface area contributed by atoms with Crippen LogP contribution in [0.2, 0.25) is 0 Å². The van der Waals surface area contributed by atoms with Crippen LogP contribution in [-0.2, 0) is 9.53 Å². The summed E-state index contributed by atoms with van der Waals surface area (Å²) < 4.78 is 5.38. The van der Waals surface area contributed by atoms with Gasteiger partial charge in [-0.25, -0.2) is 4.79 Å². The monoisotopic (exact) mass is 326 g/mol. The molecule has 6 nitrogen and oxygen atoms in total. The van der Waals surface area contributed by atoms with Crippen LogP contribution in [0.1, 0.15) is 65.7 Å². The standard InChI is InChI=1S/C17H30N2O4/c1-17(2,3)23-16(22)19-11-7-10-13(19)14(20)15(21)18-12-8-5-4-6-9-12/h12-14,20H,4-11H2,1-3H3,(H,18,21). The first-order chi connectivity index (χ1) is 10.8. The molecule has 0 spiro atoms. The summed E-state index contributed by atoms with van der Waals surface area (Å²) in [4.78, 5) is 26.1. The highest BCUT2D eigenvalue weighted by molar-refractivity contribution is 5.82. The highest BCUT2D eigenvalue weighted by atomic mass is 16.6. The van der Waals surface area contributed by atoms with Crippen molar-refractivity contribution in [2.45, 2.75) is 89.5 Å². The van der Waals surface area contributed by atoms with Crippen LogP contribution in [0, 0.1) is 0 Å². The van der Waals surface area contributed by atoms with Gasteiger partial charge in [-0.3, -0.25) is 4.79 Å². The molecule has 0 radical (unpaired) electrons. The lowest BCUT2D eigenvalue weighted by Crippen LogP contribution is -2.52. The summed E-state index contributed by atoms with van der Waals surface area (Å²) in [7, 11) is 0. The Bertz CT molecular complexity index is 427. The Morgan fingerprint density at radius 1 is 1.13 bits per heavy atom. The second-order valence-electron chi connectivity index (χ2n) is 7.67. The number of nitrogens with one attached hydrogen (secondary N) is 1. The van der Waals surface area contributed by atoms with E-state index in [2.05, 4.69) is 5.32 Å². The maximum Gasteiger partial charge on any atom is 0.410 e. The van der Waals surface area contributed by atoms with E-state index in [0.717, 1.165) is 32.1 Å². The van der Waals surface area contributed by atoms with E-state index in [4.69, 9.17) is 4.74 Å². The molecule has 0 bridgehead atoms. The molecule has 2 aliphatic rings. The molecular formula is C17H30N2O4. The van der Waals surface area contributed by atoms with Gasteiger partial charge >= 0.3 is 6.09 Å². The zero-order valence-corrected chi connectivity index (χ0v) is 14.5. The lowest BCUT2D eigenvalue weighted by atomic mass is 9.95. The van der Waals surface area contributed by atoms with E-state index in [1.807, 2.05) is 20.8 Å². The maximum atomic E-state index is 12.3. The van der Waals surface area contributed by atoms with Crippen LogP contribution in [0.15, 0.2) is 0 Å². The SMILES string of the molecule is CC(C)(C)OC(=O)N1CCCC1C(O)C(=O)NC1CCCCC1. The molecule has 1 aliphatic heterocycles. The normalized spacial score (nSPS) is 24.3. The molecule has 0 aromatic heterocycles. The first kappa shape index (κ1) is 18.0. The largest absolute Gasteiger partial charge is 0.444 e. The Morgan fingerprint density at radius 3 is 2.39 bits per heavy atom. The van der Waals surface area contributed by atoms with Crippen molar-refractivity contribution >= 4 is 12.0 Å². The maximum absolute atomic E-state index is 12.3. The van der Waals surface area contributed by atoms with Gasteiger partial charge < -0.3 is 20.1 Å². The third-order valence-corrected chi connectivity index (χ3v) is 4.51. The van der Waals surface area contributed by atoms with Gasteiger partial charge in [0.25, 0.3) is 5.91 Å². The van der Waals surface area contributed by atoms with E-state index in [-0.39, 0.29) is 11.9 Å². The zero-order chi connectivity index (χ0) is 17.0. The van der Waals surface area contributed by atoms with Crippen molar-refractivity contribution in [1.29, 1.82) is 0 Å². The molecule has 2 atom stereocenters. The van der Waals surface area contributed by atoms with E-state index >= 15 is 0 Å².